The van der Waals surface area contributed by atoms with Gasteiger partial charge in [-0.1, -0.05) is 6.42 Å². The van der Waals surface area contributed by atoms with E-state index in [1.54, 1.807) is 0 Å². The molecule has 2 fully saturated rings. The Balaban J connectivity index is 0.000000318. The van der Waals surface area contributed by atoms with E-state index in [2.05, 4.69) is 25.7 Å². The molecule has 0 aliphatic heterocycles. The molecular weight excluding hydrogens is 238 g/mol. The molecule has 2 heteroatoms. The number of unbranched alkanes of at least 4 members (excludes halogenated alkanes) is 1. The van der Waals surface area contributed by atoms with Crippen molar-refractivity contribution in [3.8, 4) is 0 Å². The molecule has 16 heavy (non-hydrogen) atoms. The zero-order valence-corrected chi connectivity index (χ0v) is 10.6. The molecule has 86 valence electrons. The van der Waals surface area contributed by atoms with Crippen molar-refractivity contribution in [1.82, 2.24) is 0 Å². The van der Waals surface area contributed by atoms with Crippen LogP contribution in [0.4, 0.5) is 0 Å². The molecule has 0 aromatic carbocycles. The zero-order valence-electron chi connectivity index (χ0n) is 9.46. The van der Waals surface area contributed by atoms with Gasteiger partial charge in [-0.25, -0.2) is 0 Å². The summed E-state index contributed by atoms with van der Waals surface area (Å²) in [7, 11) is 0. The van der Waals surface area contributed by atoms with Crippen molar-refractivity contribution >= 4 is 0 Å². The summed E-state index contributed by atoms with van der Waals surface area (Å²) < 4.78 is 0. The molecule has 2 saturated carbocycles. The molecule has 10 radical (unpaired) electrons. The van der Waals surface area contributed by atoms with Gasteiger partial charge in [-0.05, 0) is 83.1 Å². The van der Waals surface area contributed by atoms with Gasteiger partial charge in [-0.3, -0.25) is 0 Å². The summed E-state index contributed by atoms with van der Waals surface area (Å²) >= 11 is 0. The van der Waals surface area contributed by atoms with Gasteiger partial charge in [0.15, 0.2) is 0 Å². The molecule has 2 aliphatic carbocycles. The summed E-state index contributed by atoms with van der Waals surface area (Å²) in [6.45, 7) is 0.820. The van der Waals surface area contributed by atoms with Crippen molar-refractivity contribution in [2.75, 3.05) is 6.54 Å². The third-order valence-electron chi connectivity index (χ3n) is 2.21. The molecule has 0 atom stereocenters. The summed E-state index contributed by atoms with van der Waals surface area (Å²) in [6.07, 6.45) is 22.0. The largest absolute Gasteiger partial charge is 2.00 e. The van der Waals surface area contributed by atoms with E-state index in [0.717, 1.165) is 13.0 Å². The van der Waals surface area contributed by atoms with Crippen LogP contribution in [0.5, 0.6) is 0 Å². The van der Waals surface area contributed by atoms with Gasteiger partial charge >= 0.3 is 17.1 Å². The zero-order chi connectivity index (χ0) is 10.8. The van der Waals surface area contributed by atoms with Crippen molar-refractivity contribution in [2.45, 2.75) is 19.3 Å². The second kappa shape index (κ2) is 12.0. The Hall–Kier alpha value is 0.479. The van der Waals surface area contributed by atoms with Crippen molar-refractivity contribution in [1.29, 1.82) is 0 Å². The Kier molecular flexibility index (Phi) is 12.3. The Labute approximate surface area is 112 Å². The summed E-state index contributed by atoms with van der Waals surface area (Å²) in [6, 6.07) is 0. The first kappa shape index (κ1) is 16.5. The number of nitrogens with two attached hydrogens (primary N) is 1. The van der Waals surface area contributed by atoms with Crippen molar-refractivity contribution < 1.29 is 17.1 Å². The van der Waals surface area contributed by atoms with Gasteiger partial charge in [-0.15, -0.1) is 0 Å². The van der Waals surface area contributed by atoms with E-state index in [0.29, 0.717) is 0 Å². The van der Waals surface area contributed by atoms with Gasteiger partial charge < -0.3 is 5.73 Å². The van der Waals surface area contributed by atoms with Crippen LogP contribution in [-0.2, 0) is 17.1 Å². The average Bonchev–Trinajstić information content (AvgIpc) is 2.94. The molecule has 0 saturated heterocycles. The number of hydrogen-bond donors (Lipinski definition) is 1. The van der Waals surface area contributed by atoms with Crippen LogP contribution in [0.2, 0.25) is 0 Å². The molecule has 2 rings (SSSR count). The monoisotopic (exact) mass is 257 g/mol. The van der Waals surface area contributed by atoms with E-state index in [1.165, 1.54) is 18.8 Å². The van der Waals surface area contributed by atoms with Crippen molar-refractivity contribution in [2.24, 2.45) is 5.73 Å². The van der Waals surface area contributed by atoms with Crippen LogP contribution >= 0.6 is 0 Å². The molecule has 0 heterocycles. The maximum absolute atomic E-state index is 5.37. The normalized spacial score (nSPS) is 20.1. The van der Waals surface area contributed by atoms with Crippen molar-refractivity contribution in [3.05, 3.63) is 63.7 Å². The van der Waals surface area contributed by atoms with E-state index in [4.69, 9.17) is 5.73 Å². The number of hydrogen-bond acceptors (Lipinski definition) is 1. The van der Waals surface area contributed by atoms with Gasteiger partial charge in [0.25, 0.3) is 0 Å². The fourth-order valence-corrected chi connectivity index (χ4v) is 1.37. The Morgan fingerprint density at radius 3 is 1.69 bits per heavy atom. The van der Waals surface area contributed by atoms with Gasteiger partial charge in [0.05, 0.1) is 0 Å². The molecule has 0 aromatic rings. The first-order valence-electron chi connectivity index (χ1n) is 5.51. The van der Waals surface area contributed by atoms with E-state index in [1.807, 2.05) is 32.1 Å². The minimum absolute atomic E-state index is 0. The third kappa shape index (κ3) is 8.61. The van der Waals surface area contributed by atoms with Crippen molar-refractivity contribution in [3.63, 3.8) is 0 Å². The third-order valence-corrected chi connectivity index (χ3v) is 2.21. The molecule has 0 bridgehead atoms. The second-order valence-electron chi connectivity index (χ2n) is 3.50. The van der Waals surface area contributed by atoms with E-state index >= 15 is 0 Å². The van der Waals surface area contributed by atoms with Crippen LogP contribution in [-0.4, -0.2) is 6.54 Å². The van der Waals surface area contributed by atoms with Crippen LogP contribution in [0, 0.1) is 63.7 Å². The molecule has 0 aromatic heterocycles. The maximum Gasteiger partial charge on any atom is 2.00 e. The molecule has 2 N–H and O–H groups in total. The van der Waals surface area contributed by atoms with Gasteiger partial charge in [0, 0.05) is 0 Å². The topological polar surface area (TPSA) is 26.0 Å². The van der Waals surface area contributed by atoms with Gasteiger partial charge in [0.1, 0.15) is 0 Å². The minimum Gasteiger partial charge on any atom is -0.330 e. The van der Waals surface area contributed by atoms with Crippen LogP contribution in [0.25, 0.3) is 0 Å². The summed E-state index contributed by atoms with van der Waals surface area (Å²) in [4.78, 5) is 0. The molecular formula is C14H19FeN+2. The fraction of sp³-hybridized carbons (Fsp3) is 0.286. The maximum atomic E-state index is 5.37. The van der Waals surface area contributed by atoms with E-state index in [9.17, 15) is 0 Å². The Morgan fingerprint density at radius 1 is 0.750 bits per heavy atom. The predicted octanol–water partition coefficient (Wildman–Crippen LogP) is 2.54. The predicted molar refractivity (Wildman–Crippen MR) is 64.8 cm³/mol. The van der Waals surface area contributed by atoms with Crippen LogP contribution < -0.4 is 5.73 Å². The summed E-state index contributed by atoms with van der Waals surface area (Å²) in [5.74, 6) is 1.44. The Morgan fingerprint density at radius 2 is 1.25 bits per heavy atom. The van der Waals surface area contributed by atoms with Crippen LogP contribution in [0.15, 0.2) is 0 Å². The molecule has 0 spiro atoms. The average molecular weight is 257 g/mol. The first-order chi connectivity index (χ1) is 7.43. The van der Waals surface area contributed by atoms with E-state index < -0.39 is 0 Å². The summed E-state index contributed by atoms with van der Waals surface area (Å²) in [5, 5.41) is 0. The summed E-state index contributed by atoms with van der Waals surface area (Å²) in [5.41, 5.74) is 5.37. The molecule has 0 amide bonds. The molecule has 1 nitrogen and oxygen atoms in total. The van der Waals surface area contributed by atoms with Gasteiger partial charge in [0.2, 0.25) is 0 Å². The molecule has 0 unspecified atom stereocenters. The SMILES string of the molecule is NCCCC[C]1[CH][CH][CH][CH]1.[CH]1[CH][CH][CH][CH]1.[Fe+2]. The second-order valence-corrected chi connectivity index (χ2v) is 3.50. The minimum atomic E-state index is 0. The fourth-order valence-electron chi connectivity index (χ4n) is 1.37. The van der Waals surface area contributed by atoms with Crippen LogP contribution in [0.1, 0.15) is 19.3 Å². The first-order valence-corrected chi connectivity index (χ1v) is 5.51. The Bertz CT molecular complexity index is 121. The quantitative estimate of drug-likeness (QED) is 0.608. The van der Waals surface area contributed by atoms with Crippen LogP contribution in [0.3, 0.4) is 0 Å². The van der Waals surface area contributed by atoms with Gasteiger partial charge in [-0.2, -0.15) is 0 Å². The number of rotatable bonds is 4. The molecule has 2 aliphatic rings. The smallest absolute Gasteiger partial charge is 0.330 e. The van der Waals surface area contributed by atoms with E-state index in [-0.39, 0.29) is 17.1 Å². The standard InChI is InChI=1S/C9H14N.C5H5.Fe/c10-8-4-3-7-9-5-1-2-6-9;1-2-4-5-3-1;/h1-2,5-6H,3-4,7-8,10H2;1-5H;/q;;+2.